The van der Waals surface area contributed by atoms with Gasteiger partial charge < -0.3 is 14.4 Å². The van der Waals surface area contributed by atoms with Gasteiger partial charge in [-0.25, -0.2) is 4.79 Å². The number of nitrogens with zero attached hydrogens (tertiary/aromatic N) is 5. The van der Waals surface area contributed by atoms with E-state index < -0.39 is 17.3 Å². The summed E-state index contributed by atoms with van der Waals surface area (Å²) < 4.78 is 12.9. The van der Waals surface area contributed by atoms with Gasteiger partial charge in [0.1, 0.15) is 23.8 Å². The second-order valence-electron chi connectivity index (χ2n) is 10.1. The van der Waals surface area contributed by atoms with E-state index in [1.807, 2.05) is 45.0 Å². The molecule has 0 radical (unpaired) electrons. The van der Waals surface area contributed by atoms with Crippen LogP contribution in [0.2, 0.25) is 0 Å². The highest BCUT2D eigenvalue weighted by Crippen LogP contribution is 2.36. The Balaban J connectivity index is 1.80. The first-order valence-corrected chi connectivity index (χ1v) is 12.0. The molecule has 1 aromatic carbocycles. The summed E-state index contributed by atoms with van der Waals surface area (Å²) in [6, 6.07) is 12.4. The van der Waals surface area contributed by atoms with Crippen LogP contribution in [-0.2, 0) is 9.47 Å². The van der Waals surface area contributed by atoms with E-state index in [9.17, 15) is 25.4 Å². The Labute approximate surface area is 211 Å². The summed E-state index contributed by atoms with van der Waals surface area (Å²) >= 11 is 0. The molecule has 1 aliphatic rings. The Kier molecular flexibility index (Phi) is 8.03. The largest absolute Gasteiger partial charge is 0.444 e. The number of benzene rings is 1. The quantitative estimate of drug-likeness (QED) is 0.551. The smallest absolute Gasteiger partial charge is 0.410 e. The molecule has 2 aromatic rings. The van der Waals surface area contributed by atoms with Crippen LogP contribution in [0, 0.1) is 39.9 Å². The lowest BCUT2D eigenvalue weighted by Gasteiger charge is -2.34. The van der Waals surface area contributed by atoms with Gasteiger partial charge in [-0.05, 0) is 58.4 Å². The minimum Gasteiger partial charge on any atom is -0.444 e. The molecular formula is C27H31N5O4. The molecule has 9 nitrogen and oxygen atoms in total. The molecule has 1 aliphatic heterocycles. The molecule has 1 unspecified atom stereocenters. The van der Waals surface area contributed by atoms with Crippen molar-refractivity contribution >= 4 is 22.9 Å². The molecular weight excluding hydrogens is 458 g/mol. The van der Waals surface area contributed by atoms with Gasteiger partial charge in [-0.15, -0.1) is 0 Å². The number of aromatic nitrogens is 1. The monoisotopic (exact) mass is 489 g/mol. The van der Waals surface area contributed by atoms with E-state index in [0.717, 1.165) is 18.2 Å². The lowest BCUT2D eigenvalue weighted by Crippen LogP contribution is -2.41. The molecule has 0 spiro atoms. The highest BCUT2D eigenvalue weighted by Gasteiger charge is 2.37. The fourth-order valence-electron chi connectivity index (χ4n) is 4.49. The Morgan fingerprint density at radius 2 is 1.69 bits per heavy atom. The Hall–Kier alpha value is -3.87. The highest BCUT2D eigenvalue weighted by atomic mass is 16.6. The maximum Gasteiger partial charge on any atom is 0.410 e. The number of piperidine rings is 1. The van der Waals surface area contributed by atoms with Gasteiger partial charge in [0.05, 0.1) is 11.6 Å². The summed E-state index contributed by atoms with van der Waals surface area (Å²) in [5.74, 6) is 0.106. The van der Waals surface area contributed by atoms with Gasteiger partial charge in [0, 0.05) is 37.2 Å². The molecule has 0 bridgehead atoms. The molecule has 2 heterocycles. The van der Waals surface area contributed by atoms with Crippen molar-refractivity contribution in [2.24, 2.45) is 5.92 Å². The molecule has 0 N–H and O–H groups in total. The Morgan fingerprint density at radius 3 is 2.25 bits per heavy atom. The molecule has 3 rings (SSSR count). The van der Waals surface area contributed by atoms with E-state index in [1.165, 1.54) is 11.5 Å². The summed E-state index contributed by atoms with van der Waals surface area (Å²) in [7, 11) is 0. The van der Waals surface area contributed by atoms with Gasteiger partial charge in [0.2, 0.25) is 5.91 Å². The number of amides is 1. The number of nitriles is 3. The maximum atomic E-state index is 12.4. The van der Waals surface area contributed by atoms with Crippen molar-refractivity contribution in [2.75, 3.05) is 13.1 Å². The number of rotatable bonds is 6. The van der Waals surface area contributed by atoms with Crippen LogP contribution in [0.4, 0.5) is 4.79 Å². The van der Waals surface area contributed by atoms with Gasteiger partial charge in [-0.2, -0.15) is 15.8 Å². The standard InChI is InChI=1S/C27H31N5O4/c1-19(33)32-15-22(21-7-5-6-8-23(21)32)24(35-27(16-28,17-29)18-30)10-9-20-11-13-31(14-12-20)25(34)36-26(2,3)4/h5-8,15,20,24H,9-14H2,1-4H3. The van der Waals surface area contributed by atoms with E-state index >= 15 is 0 Å². The van der Waals surface area contributed by atoms with E-state index in [4.69, 9.17) is 9.47 Å². The molecule has 188 valence electrons. The van der Waals surface area contributed by atoms with Gasteiger partial charge in [-0.3, -0.25) is 9.36 Å². The number of ether oxygens (including phenoxy) is 2. The predicted octanol–water partition coefficient (Wildman–Crippen LogP) is 5.10. The van der Waals surface area contributed by atoms with Gasteiger partial charge in [0.25, 0.3) is 0 Å². The predicted molar refractivity (Wildman–Crippen MR) is 131 cm³/mol. The summed E-state index contributed by atoms with van der Waals surface area (Å²) in [5.41, 5.74) is -1.47. The first-order chi connectivity index (χ1) is 17.0. The van der Waals surface area contributed by atoms with Crippen molar-refractivity contribution in [1.29, 1.82) is 15.8 Å². The van der Waals surface area contributed by atoms with Crippen molar-refractivity contribution < 1.29 is 19.1 Å². The zero-order chi connectivity index (χ0) is 26.5. The van der Waals surface area contributed by atoms with Crippen LogP contribution >= 0.6 is 0 Å². The highest BCUT2D eigenvalue weighted by molar-refractivity contribution is 5.93. The van der Waals surface area contributed by atoms with E-state index in [2.05, 4.69) is 0 Å². The summed E-state index contributed by atoms with van der Waals surface area (Å²) in [6.45, 7) is 8.12. The zero-order valence-corrected chi connectivity index (χ0v) is 21.2. The third-order valence-corrected chi connectivity index (χ3v) is 6.32. The second-order valence-corrected chi connectivity index (χ2v) is 10.1. The molecule has 1 fully saturated rings. The van der Waals surface area contributed by atoms with Crippen LogP contribution in [0.3, 0.4) is 0 Å². The average molecular weight is 490 g/mol. The Bertz CT molecular complexity index is 1210. The lowest BCUT2D eigenvalue weighted by molar-refractivity contribution is -0.00611. The number of likely N-dealkylation sites (tertiary alicyclic amines) is 1. The van der Waals surface area contributed by atoms with Crippen LogP contribution in [0.25, 0.3) is 10.9 Å². The molecule has 1 saturated heterocycles. The maximum absolute atomic E-state index is 12.4. The topological polar surface area (TPSA) is 132 Å². The molecule has 1 amide bonds. The van der Waals surface area contributed by atoms with Crippen molar-refractivity contribution in [3.8, 4) is 18.2 Å². The van der Waals surface area contributed by atoms with Gasteiger partial charge in [-0.1, -0.05) is 18.2 Å². The fraction of sp³-hybridized carbons (Fsp3) is 0.519. The summed E-state index contributed by atoms with van der Waals surface area (Å²) in [6.07, 6.45) is 3.29. The van der Waals surface area contributed by atoms with Crippen LogP contribution < -0.4 is 0 Å². The van der Waals surface area contributed by atoms with E-state index in [-0.39, 0.29) is 17.9 Å². The molecule has 0 aliphatic carbocycles. The third kappa shape index (κ3) is 6.03. The Morgan fingerprint density at radius 1 is 1.08 bits per heavy atom. The number of fused-ring (bicyclic) bond motifs is 1. The second kappa shape index (κ2) is 10.8. The summed E-state index contributed by atoms with van der Waals surface area (Å²) in [4.78, 5) is 26.3. The van der Waals surface area contributed by atoms with Crippen molar-refractivity contribution in [1.82, 2.24) is 9.47 Å². The van der Waals surface area contributed by atoms with Gasteiger partial charge in [0.15, 0.2) is 0 Å². The minimum atomic E-state index is -2.26. The number of carbonyl (C=O) groups excluding carboxylic acids is 2. The number of hydrogen-bond acceptors (Lipinski definition) is 7. The van der Waals surface area contributed by atoms with Crippen LogP contribution in [0.5, 0.6) is 0 Å². The van der Waals surface area contributed by atoms with Gasteiger partial charge >= 0.3 is 11.7 Å². The number of para-hydroxylation sites is 1. The molecule has 1 aromatic heterocycles. The SMILES string of the molecule is CC(=O)n1cc(C(CCC2CCN(C(=O)OC(C)(C)C)CC2)OC(C#N)(C#N)C#N)c2ccccc21. The molecule has 0 saturated carbocycles. The van der Waals surface area contributed by atoms with Crippen LogP contribution in [0.15, 0.2) is 30.5 Å². The fourth-order valence-corrected chi connectivity index (χ4v) is 4.49. The minimum absolute atomic E-state index is 0.183. The molecule has 36 heavy (non-hydrogen) atoms. The summed E-state index contributed by atoms with van der Waals surface area (Å²) in [5, 5.41) is 29.4. The lowest BCUT2D eigenvalue weighted by atomic mass is 9.89. The molecule has 1 atom stereocenters. The normalized spacial score (nSPS) is 15.5. The first-order valence-electron chi connectivity index (χ1n) is 12.0. The van der Waals surface area contributed by atoms with Crippen LogP contribution in [-0.4, -0.2) is 45.8 Å². The van der Waals surface area contributed by atoms with Crippen LogP contribution in [0.1, 0.15) is 69.8 Å². The van der Waals surface area contributed by atoms with Crippen molar-refractivity contribution in [3.05, 3.63) is 36.0 Å². The zero-order valence-electron chi connectivity index (χ0n) is 21.2. The van der Waals surface area contributed by atoms with E-state index in [0.29, 0.717) is 37.0 Å². The molecule has 9 heteroatoms. The van der Waals surface area contributed by atoms with Crippen molar-refractivity contribution in [3.63, 3.8) is 0 Å². The number of carbonyl (C=O) groups is 2. The third-order valence-electron chi connectivity index (χ3n) is 6.32. The van der Waals surface area contributed by atoms with Crippen molar-refractivity contribution in [2.45, 2.75) is 70.7 Å². The number of hydrogen-bond donors (Lipinski definition) is 0. The first kappa shape index (κ1) is 26.7. The van der Waals surface area contributed by atoms with E-state index in [1.54, 1.807) is 29.3 Å². The average Bonchev–Trinajstić information content (AvgIpc) is 3.24.